The summed E-state index contributed by atoms with van der Waals surface area (Å²) >= 11 is 0. The number of nitrogens with one attached hydrogen (secondary N) is 2. The minimum atomic E-state index is -4.41. The number of hydrogen-bond acceptors (Lipinski definition) is 4. The van der Waals surface area contributed by atoms with Gasteiger partial charge in [-0.25, -0.2) is 0 Å². The molecule has 0 heterocycles. The van der Waals surface area contributed by atoms with Gasteiger partial charge in [0.1, 0.15) is 5.75 Å². The van der Waals surface area contributed by atoms with Gasteiger partial charge in [-0.1, -0.05) is 0 Å². The molecular formula is C12H15ClF3N3O3. The van der Waals surface area contributed by atoms with Gasteiger partial charge in [0.2, 0.25) is 11.8 Å². The minimum Gasteiger partial charge on any atom is -0.484 e. The highest BCUT2D eigenvalue weighted by Crippen LogP contribution is 2.20. The summed E-state index contributed by atoms with van der Waals surface area (Å²) in [6.07, 6.45) is -4.41. The van der Waals surface area contributed by atoms with Crippen LogP contribution in [0.4, 0.5) is 18.9 Å². The number of halogens is 4. The van der Waals surface area contributed by atoms with Crippen molar-refractivity contribution in [1.82, 2.24) is 5.32 Å². The van der Waals surface area contributed by atoms with Crippen molar-refractivity contribution in [3.63, 3.8) is 0 Å². The van der Waals surface area contributed by atoms with Crippen LogP contribution in [0.25, 0.3) is 0 Å². The number of hydrogen-bond donors (Lipinski definition) is 3. The van der Waals surface area contributed by atoms with Crippen LogP contribution >= 0.6 is 12.4 Å². The number of rotatable bonds is 6. The first kappa shape index (κ1) is 20.0. The third-order valence-electron chi connectivity index (χ3n) is 2.17. The molecule has 2 amide bonds. The maximum atomic E-state index is 11.9. The molecule has 0 aromatic heterocycles. The maximum Gasteiger partial charge on any atom is 0.422 e. The zero-order valence-corrected chi connectivity index (χ0v) is 12.1. The summed E-state index contributed by atoms with van der Waals surface area (Å²) in [5.74, 6) is -0.927. The monoisotopic (exact) mass is 341 g/mol. The molecule has 124 valence electrons. The van der Waals surface area contributed by atoms with E-state index in [4.69, 9.17) is 5.73 Å². The number of nitrogens with two attached hydrogens (primary N) is 1. The second kappa shape index (κ2) is 9.11. The zero-order valence-electron chi connectivity index (χ0n) is 11.3. The number of ether oxygens (including phenoxy) is 1. The summed E-state index contributed by atoms with van der Waals surface area (Å²) in [5, 5.41) is 4.72. The summed E-state index contributed by atoms with van der Waals surface area (Å²) in [7, 11) is 0. The minimum absolute atomic E-state index is 0. The van der Waals surface area contributed by atoms with Crippen molar-refractivity contribution in [1.29, 1.82) is 0 Å². The van der Waals surface area contributed by atoms with Gasteiger partial charge in [0, 0.05) is 5.69 Å². The average molecular weight is 342 g/mol. The Morgan fingerprint density at radius 3 is 2.23 bits per heavy atom. The van der Waals surface area contributed by atoms with E-state index in [9.17, 15) is 22.8 Å². The Bertz CT molecular complexity index is 495. The first-order valence-corrected chi connectivity index (χ1v) is 5.86. The lowest BCUT2D eigenvalue weighted by Gasteiger charge is -2.10. The van der Waals surface area contributed by atoms with Crippen LogP contribution in [0.5, 0.6) is 5.75 Å². The molecule has 0 saturated heterocycles. The quantitative estimate of drug-likeness (QED) is 0.721. The highest BCUT2D eigenvalue weighted by molar-refractivity contribution is 5.94. The second-order valence-corrected chi connectivity index (χ2v) is 3.96. The predicted molar refractivity (Wildman–Crippen MR) is 75.9 cm³/mol. The Morgan fingerprint density at radius 1 is 1.14 bits per heavy atom. The normalized spacial score (nSPS) is 10.4. The fourth-order valence-corrected chi connectivity index (χ4v) is 1.26. The van der Waals surface area contributed by atoms with Gasteiger partial charge < -0.3 is 21.1 Å². The zero-order chi connectivity index (χ0) is 15.9. The lowest BCUT2D eigenvalue weighted by atomic mass is 10.3. The van der Waals surface area contributed by atoms with E-state index in [1.807, 2.05) is 0 Å². The molecule has 0 aliphatic carbocycles. The fourth-order valence-electron chi connectivity index (χ4n) is 1.26. The van der Waals surface area contributed by atoms with Gasteiger partial charge in [0.05, 0.1) is 13.1 Å². The first-order valence-electron chi connectivity index (χ1n) is 5.86. The van der Waals surface area contributed by atoms with Crippen molar-refractivity contribution in [2.24, 2.45) is 5.73 Å². The van der Waals surface area contributed by atoms with Crippen molar-refractivity contribution in [3.05, 3.63) is 24.3 Å². The molecule has 1 aromatic carbocycles. The van der Waals surface area contributed by atoms with Crippen LogP contribution in [0.2, 0.25) is 0 Å². The number of alkyl halides is 3. The molecule has 0 atom stereocenters. The van der Waals surface area contributed by atoms with E-state index in [1.165, 1.54) is 24.3 Å². The average Bonchev–Trinajstić information content (AvgIpc) is 2.43. The van der Waals surface area contributed by atoms with Crippen LogP contribution in [-0.4, -0.2) is 37.7 Å². The Kier molecular flexibility index (Phi) is 8.28. The van der Waals surface area contributed by atoms with Crippen LogP contribution in [0.1, 0.15) is 0 Å². The van der Waals surface area contributed by atoms with E-state index in [2.05, 4.69) is 15.4 Å². The number of amides is 2. The van der Waals surface area contributed by atoms with E-state index in [0.717, 1.165) is 0 Å². The Balaban J connectivity index is 0.00000441. The highest BCUT2D eigenvalue weighted by Gasteiger charge is 2.28. The predicted octanol–water partition coefficient (Wildman–Crippen LogP) is 1.06. The Labute approximate surface area is 130 Å². The molecule has 0 radical (unpaired) electrons. The van der Waals surface area contributed by atoms with E-state index in [0.29, 0.717) is 5.69 Å². The molecule has 0 unspecified atom stereocenters. The van der Waals surface area contributed by atoms with Crippen LogP contribution < -0.4 is 21.1 Å². The van der Waals surface area contributed by atoms with Crippen molar-refractivity contribution in [3.8, 4) is 5.75 Å². The molecule has 0 spiro atoms. The van der Waals surface area contributed by atoms with Gasteiger partial charge in [0.25, 0.3) is 0 Å². The molecule has 1 rings (SSSR count). The van der Waals surface area contributed by atoms with Gasteiger partial charge in [-0.3, -0.25) is 9.59 Å². The standard InChI is InChI=1S/C12H14F3N3O3.ClH/c13-12(14,15)7-21-9-3-1-8(2-4-9)18-11(20)6-17-10(19)5-16;/h1-4H,5-7,16H2,(H,17,19)(H,18,20);1H. The maximum absolute atomic E-state index is 11.9. The van der Waals surface area contributed by atoms with Crippen molar-refractivity contribution in [2.75, 3.05) is 25.0 Å². The van der Waals surface area contributed by atoms with Crippen LogP contribution in [0.3, 0.4) is 0 Å². The number of carbonyl (C=O) groups is 2. The smallest absolute Gasteiger partial charge is 0.422 e. The third-order valence-corrected chi connectivity index (χ3v) is 2.17. The van der Waals surface area contributed by atoms with Gasteiger partial charge in [0.15, 0.2) is 6.61 Å². The van der Waals surface area contributed by atoms with Gasteiger partial charge >= 0.3 is 6.18 Å². The lowest BCUT2D eigenvalue weighted by molar-refractivity contribution is -0.153. The molecule has 0 saturated carbocycles. The van der Waals surface area contributed by atoms with Crippen LogP contribution in [0, 0.1) is 0 Å². The summed E-state index contributed by atoms with van der Waals surface area (Å²) in [5.41, 5.74) is 5.41. The topological polar surface area (TPSA) is 93.5 Å². The van der Waals surface area contributed by atoms with Gasteiger partial charge in [-0.05, 0) is 24.3 Å². The molecule has 6 nitrogen and oxygen atoms in total. The van der Waals surface area contributed by atoms with E-state index in [-0.39, 0.29) is 31.2 Å². The highest BCUT2D eigenvalue weighted by atomic mass is 35.5. The van der Waals surface area contributed by atoms with Crippen molar-refractivity contribution < 1.29 is 27.5 Å². The number of carbonyl (C=O) groups excluding carboxylic acids is 2. The molecular weight excluding hydrogens is 327 g/mol. The van der Waals surface area contributed by atoms with Crippen LogP contribution in [-0.2, 0) is 9.59 Å². The third kappa shape index (κ3) is 8.32. The van der Waals surface area contributed by atoms with E-state index in [1.54, 1.807) is 0 Å². The lowest BCUT2D eigenvalue weighted by Crippen LogP contribution is -2.36. The number of anilines is 1. The molecule has 0 aliphatic heterocycles. The second-order valence-electron chi connectivity index (χ2n) is 3.96. The van der Waals surface area contributed by atoms with Gasteiger partial charge in [-0.2, -0.15) is 13.2 Å². The van der Waals surface area contributed by atoms with Crippen molar-refractivity contribution >= 4 is 29.9 Å². The largest absolute Gasteiger partial charge is 0.484 e. The SMILES string of the molecule is Cl.NCC(=O)NCC(=O)Nc1ccc(OCC(F)(F)F)cc1. The van der Waals surface area contributed by atoms with E-state index >= 15 is 0 Å². The fraction of sp³-hybridized carbons (Fsp3) is 0.333. The molecule has 0 aliphatic rings. The summed E-state index contributed by atoms with van der Waals surface area (Å²) in [4.78, 5) is 22.3. The molecule has 1 aromatic rings. The molecule has 4 N–H and O–H groups in total. The Hall–Kier alpha value is -2.00. The van der Waals surface area contributed by atoms with Crippen LogP contribution in [0.15, 0.2) is 24.3 Å². The number of benzene rings is 1. The first-order chi connectivity index (χ1) is 9.80. The van der Waals surface area contributed by atoms with Crippen molar-refractivity contribution in [2.45, 2.75) is 6.18 Å². The molecule has 22 heavy (non-hydrogen) atoms. The molecule has 10 heteroatoms. The Morgan fingerprint density at radius 2 is 1.73 bits per heavy atom. The molecule has 0 fully saturated rings. The summed E-state index contributed by atoms with van der Waals surface area (Å²) < 4.78 is 40.4. The van der Waals surface area contributed by atoms with E-state index < -0.39 is 24.6 Å². The molecule has 0 bridgehead atoms. The summed E-state index contributed by atoms with van der Waals surface area (Å²) in [6, 6.07) is 5.35. The summed E-state index contributed by atoms with van der Waals surface area (Å²) in [6.45, 7) is -1.86. The van der Waals surface area contributed by atoms with Gasteiger partial charge in [-0.15, -0.1) is 12.4 Å².